The van der Waals surface area contributed by atoms with Crippen LogP contribution >= 0.6 is 27.3 Å². The molecular formula is C14H17BrN2O2S2. The highest BCUT2D eigenvalue weighted by Gasteiger charge is 2.16. The summed E-state index contributed by atoms with van der Waals surface area (Å²) < 4.78 is 28.0. The molecule has 0 aliphatic rings. The number of sulfonamides is 1. The van der Waals surface area contributed by atoms with Gasteiger partial charge in [0.05, 0.1) is 3.79 Å². The average molecular weight is 389 g/mol. The van der Waals surface area contributed by atoms with E-state index in [0.29, 0.717) is 11.7 Å². The van der Waals surface area contributed by atoms with E-state index in [1.54, 1.807) is 24.3 Å². The Kier molecular flexibility index (Phi) is 5.29. The summed E-state index contributed by atoms with van der Waals surface area (Å²) in [4.78, 5) is 0. The van der Waals surface area contributed by atoms with E-state index < -0.39 is 10.0 Å². The Bertz CT molecular complexity index is 696. The Balaban J connectivity index is 2.09. The molecule has 0 spiro atoms. The standard InChI is InChI=1S/C14H17BrN2O2S2/c1-3-10(2)16-11-4-6-12(7-5-11)17-21(18,19)14-9-8-13(15)20-14/h4-10,16-17H,3H2,1-2H3. The quantitative estimate of drug-likeness (QED) is 0.764. The lowest BCUT2D eigenvalue weighted by Crippen LogP contribution is -2.14. The number of thiophene rings is 1. The lowest BCUT2D eigenvalue weighted by molar-refractivity contribution is 0.603. The van der Waals surface area contributed by atoms with Crippen molar-refractivity contribution in [2.45, 2.75) is 30.5 Å². The number of nitrogens with one attached hydrogen (secondary N) is 2. The fourth-order valence-corrected chi connectivity index (χ4v) is 4.74. The first-order chi connectivity index (χ1) is 9.90. The van der Waals surface area contributed by atoms with E-state index >= 15 is 0 Å². The second kappa shape index (κ2) is 6.81. The molecule has 0 fully saturated rings. The minimum Gasteiger partial charge on any atom is -0.383 e. The maximum Gasteiger partial charge on any atom is 0.271 e. The second-order valence-electron chi connectivity index (χ2n) is 4.70. The predicted octanol–water partition coefficient (Wildman–Crippen LogP) is 4.52. The first-order valence-electron chi connectivity index (χ1n) is 6.55. The zero-order chi connectivity index (χ0) is 15.5. The molecule has 1 heterocycles. The molecule has 0 aliphatic carbocycles. The number of hydrogen-bond acceptors (Lipinski definition) is 4. The number of hydrogen-bond donors (Lipinski definition) is 2. The zero-order valence-electron chi connectivity index (χ0n) is 11.8. The summed E-state index contributed by atoms with van der Waals surface area (Å²) in [7, 11) is -3.51. The maximum absolute atomic E-state index is 12.2. The molecule has 2 N–H and O–H groups in total. The van der Waals surface area contributed by atoms with Gasteiger partial charge in [0, 0.05) is 17.4 Å². The fourth-order valence-electron chi connectivity index (χ4n) is 1.67. The molecule has 0 aliphatic heterocycles. The van der Waals surface area contributed by atoms with Crippen LogP contribution in [0.2, 0.25) is 0 Å². The number of benzene rings is 1. The summed E-state index contributed by atoms with van der Waals surface area (Å²) in [6.07, 6.45) is 1.03. The lowest BCUT2D eigenvalue weighted by Gasteiger charge is -2.13. The largest absolute Gasteiger partial charge is 0.383 e. The van der Waals surface area contributed by atoms with Crippen molar-refractivity contribution in [2.75, 3.05) is 10.0 Å². The smallest absolute Gasteiger partial charge is 0.271 e. The molecule has 0 amide bonds. The third-order valence-electron chi connectivity index (χ3n) is 2.98. The molecule has 114 valence electrons. The molecule has 0 saturated heterocycles. The third kappa shape index (κ3) is 4.46. The molecule has 4 nitrogen and oxygen atoms in total. The zero-order valence-corrected chi connectivity index (χ0v) is 15.0. The van der Waals surface area contributed by atoms with E-state index in [9.17, 15) is 8.42 Å². The number of rotatable bonds is 6. The molecule has 1 aromatic heterocycles. The van der Waals surface area contributed by atoms with Crippen LogP contribution in [-0.4, -0.2) is 14.5 Å². The number of halogens is 1. The molecule has 21 heavy (non-hydrogen) atoms. The molecular weight excluding hydrogens is 372 g/mol. The summed E-state index contributed by atoms with van der Waals surface area (Å²) in [5.41, 5.74) is 1.53. The topological polar surface area (TPSA) is 58.2 Å². The van der Waals surface area contributed by atoms with Crippen molar-refractivity contribution in [2.24, 2.45) is 0 Å². The van der Waals surface area contributed by atoms with Gasteiger partial charge in [0.1, 0.15) is 4.21 Å². The van der Waals surface area contributed by atoms with Crippen LogP contribution in [0.25, 0.3) is 0 Å². The van der Waals surface area contributed by atoms with Crippen molar-refractivity contribution in [3.63, 3.8) is 0 Å². The van der Waals surface area contributed by atoms with Gasteiger partial charge in [-0.2, -0.15) is 0 Å². The molecule has 2 rings (SSSR count). The second-order valence-corrected chi connectivity index (χ2v) is 9.07. The predicted molar refractivity (Wildman–Crippen MR) is 92.6 cm³/mol. The normalized spacial score (nSPS) is 12.9. The van der Waals surface area contributed by atoms with Crippen molar-refractivity contribution in [1.29, 1.82) is 0 Å². The van der Waals surface area contributed by atoms with Gasteiger partial charge in [-0.25, -0.2) is 8.42 Å². The Morgan fingerprint density at radius 3 is 2.29 bits per heavy atom. The Labute approximate surface area is 137 Å². The van der Waals surface area contributed by atoms with Gasteiger partial charge in [0.15, 0.2) is 0 Å². The van der Waals surface area contributed by atoms with Gasteiger partial charge in [-0.15, -0.1) is 11.3 Å². The SMILES string of the molecule is CCC(C)Nc1ccc(NS(=O)(=O)c2ccc(Br)s2)cc1. The summed E-state index contributed by atoms with van der Waals surface area (Å²) in [6.45, 7) is 4.21. The Hall–Kier alpha value is -1.05. The first-order valence-corrected chi connectivity index (χ1v) is 9.64. The van der Waals surface area contributed by atoms with E-state index in [4.69, 9.17) is 0 Å². The third-order valence-corrected chi connectivity index (χ3v) is 6.47. The van der Waals surface area contributed by atoms with E-state index in [1.807, 2.05) is 12.1 Å². The van der Waals surface area contributed by atoms with Crippen molar-refractivity contribution >= 4 is 48.7 Å². The molecule has 1 aromatic carbocycles. The minimum absolute atomic E-state index is 0.288. The van der Waals surface area contributed by atoms with Crippen LogP contribution in [0.4, 0.5) is 11.4 Å². The van der Waals surface area contributed by atoms with Crippen LogP contribution in [-0.2, 0) is 10.0 Å². The van der Waals surface area contributed by atoms with Crippen LogP contribution < -0.4 is 10.0 Å². The van der Waals surface area contributed by atoms with Gasteiger partial charge in [0.2, 0.25) is 0 Å². The molecule has 1 atom stereocenters. The average Bonchev–Trinajstić information content (AvgIpc) is 2.88. The van der Waals surface area contributed by atoms with Crippen LogP contribution in [0, 0.1) is 0 Å². The summed E-state index contributed by atoms with van der Waals surface area (Å²) in [5.74, 6) is 0. The molecule has 0 saturated carbocycles. The van der Waals surface area contributed by atoms with Crippen molar-refractivity contribution in [1.82, 2.24) is 0 Å². The Morgan fingerprint density at radius 1 is 1.14 bits per heavy atom. The van der Waals surface area contributed by atoms with Gasteiger partial charge >= 0.3 is 0 Å². The highest BCUT2D eigenvalue weighted by Crippen LogP contribution is 2.27. The highest BCUT2D eigenvalue weighted by molar-refractivity contribution is 9.11. The van der Waals surface area contributed by atoms with Crippen molar-refractivity contribution in [3.05, 3.63) is 40.2 Å². The molecule has 0 bridgehead atoms. The minimum atomic E-state index is -3.51. The highest BCUT2D eigenvalue weighted by atomic mass is 79.9. The van der Waals surface area contributed by atoms with Gasteiger partial charge in [-0.3, -0.25) is 4.72 Å². The lowest BCUT2D eigenvalue weighted by atomic mass is 10.2. The van der Waals surface area contributed by atoms with E-state index in [1.165, 1.54) is 11.3 Å². The summed E-state index contributed by atoms with van der Waals surface area (Å²) in [6, 6.07) is 10.9. The van der Waals surface area contributed by atoms with Crippen LogP contribution in [0.15, 0.2) is 44.4 Å². The first kappa shape index (κ1) is 16.3. The van der Waals surface area contributed by atoms with Gasteiger partial charge < -0.3 is 5.32 Å². The molecule has 1 unspecified atom stereocenters. The van der Waals surface area contributed by atoms with E-state index in [-0.39, 0.29) is 4.21 Å². The van der Waals surface area contributed by atoms with E-state index in [2.05, 4.69) is 39.8 Å². The molecule has 7 heteroatoms. The summed E-state index contributed by atoms with van der Waals surface area (Å²) >= 11 is 4.45. The van der Waals surface area contributed by atoms with Crippen LogP contribution in [0.1, 0.15) is 20.3 Å². The van der Waals surface area contributed by atoms with Crippen LogP contribution in [0.3, 0.4) is 0 Å². The number of anilines is 2. The van der Waals surface area contributed by atoms with Gasteiger partial charge in [-0.1, -0.05) is 6.92 Å². The maximum atomic E-state index is 12.2. The Morgan fingerprint density at radius 2 is 1.76 bits per heavy atom. The summed E-state index contributed by atoms with van der Waals surface area (Å²) in [5, 5.41) is 3.34. The van der Waals surface area contributed by atoms with Gasteiger partial charge in [-0.05, 0) is 65.7 Å². The molecule has 0 radical (unpaired) electrons. The molecule has 2 aromatic rings. The fraction of sp³-hybridized carbons (Fsp3) is 0.286. The monoisotopic (exact) mass is 388 g/mol. The van der Waals surface area contributed by atoms with Gasteiger partial charge in [0.25, 0.3) is 10.0 Å². The van der Waals surface area contributed by atoms with Crippen molar-refractivity contribution < 1.29 is 8.42 Å². The van der Waals surface area contributed by atoms with Crippen molar-refractivity contribution in [3.8, 4) is 0 Å². The van der Waals surface area contributed by atoms with E-state index in [0.717, 1.165) is 15.9 Å². The van der Waals surface area contributed by atoms with Crippen LogP contribution in [0.5, 0.6) is 0 Å².